The van der Waals surface area contributed by atoms with Gasteiger partial charge in [-0.05, 0) is 72.9 Å². The summed E-state index contributed by atoms with van der Waals surface area (Å²) in [6, 6.07) is 23.8. The Labute approximate surface area is 209 Å². The summed E-state index contributed by atoms with van der Waals surface area (Å²) in [7, 11) is 0. The van der Waals surface area contributed by atoms with Gasteiger partial charge in [-0.2, -0.15) is 0 Å². The minimum absolute atomic E-state index is 0.108. The molecular weight excluding hydrogens is 490 g/mol. The number of rotatable bonds is 10. The molecule has 34 heavy (non-hydrogen) atoms. The normalized spacial score (nSPS) is 11.2. The lowest BCUT2D eigenvalue weighted by Gasteiger charge is -2.11. The lowest BCUT2D eigenvalue weighted by Crippen LogP contribution is -2.24. The molecule has 0 atom stereocenters. The predicted molar refractivity (Wildman–Crippen MR) is 140 cm³/mol. The van der Waals surface area contributed by atoms with E-state index < -0.39 is 0 Å². The van der Waals surface area contributed by atoms with E-state index in [0.717, 1.165) is 46.5 Å². The monoisotopic (exact) mass is 519 g/mol. The number of carbonyl (C=O) groups excluding carboxylic acids is 1. The first-order valence-corrected chi connectivity index (χ1v) is 12.5. The zero-order chi connectivity index (χ0) is 23.9. The van der Waals surface area contributed by atoms with Crippen LogP contribution >= 0.6 is 15.9 Å². The fourth-order valence-corrected chi connectivity index (χ4v) is 4.15. The number of amides is 1. The summed E-state index contributed by atoms with van der Waals surface area (Å²) in [5.41, 5.74) is 3.97. The van der Waals surface area contributed by atoms with Gasteiger partial charge in [0.2, 0.25) is 0 Å². The van der Waals surface area contributed by atoms with E-state index in [1.807, 2.05) is 42.5 Å². The van der Waals surface area contributed by atoms with E-state index in [9.17, 15) is 4.79 Å². The number of halogens is 1. The van der Waals surface area contributed by atoms with Crippen LogP contribution < -0.4 is 10.1 Å². The highest BCUT2D eigenvalue weighted by Gasteiger charge is 2.12. The van der Waals surface area contributed by atoms with E-state index in [0.29, 0.717) is 24.6 Å². The van der Waals surface area contributed by atoms with Gasteiger partial charge < -0.3 is 14.6 Å². The molecular formula is C28H30BrN3O2. The molecule has 1 heterocycles. The van der Waals surface area contributed by atoms with Crippen molar-refractivity contribution in [1.29, 1.82) is 0 Å². The topological polar surface area (TPSA) is 56.1 Å². The molecule has 0 aliphatic heterocycles. The van der Waals surface area contributed by atoms with Crippen molar-refractivity contribution in [3.8, 4) is 5.75 Å². The van der Waals surface area contributed by atoms with Gasteiger partial charge in [-0.1, -0.05) is 54.0 Å². The number of ether oxygens (including phenoxy) is 1. The van der Waals surface area contributed by atoms with Gasteiger partial charge in [-0.15, -0.1) is 0 Å². The molecule has 6 heteroatoms. The molecule has 0 bridgehead atoms. The maximum Gasteiger partial charge on any atom is 0.251 e. The van der Waals surface area contributed by atoms with Crippen molar-refractivity contribution < 1.29 is 9.53 Å². The first kappa shape index (κ1) is 24.0. The Morgan fingerprint density at radius 1 is 1.00 bits per heavy atom. The summed E-state index contributed by atoms with van der Waals surface area (Å²) in [5.74, 6) is 2.18. The van der Waals surface area contributed by atoms with Crippen LogP contribution in [-0.4, -0.2) is 22.1 Å². The molecule has 176 valence electrons. The lowest BCUT2D eigenvalue weighted by atomic mass is 10.0. The number of unbranched alkanes of at least 4 members (excludes halogenated alkanes) is 1. The van der Waals surface area contributed by atoms with Crippen molar-refractivity contribution in [3.05, 3.63) is 94.2 Å². The summed E-state index contributed by atoms with van der Waals surface area (Å²) in [6.45, 7) is 6.25. The van der Waals surface area contributed by atoms with Crippen molar-refractivity contribution in [2.75, 3.05) is 6.61 Å². The second-order valence-electron chi connectivity index (χ2n) is 8.64. The number of aromatic nitrogens is 2. The number of hydrogen-bond acceptors (Lipinski definition) is 3. The third kappa shape index (κ3) is 6.06. The van der Waals surface area contributed by atoms with Crippen molar-refractivity contribution in [2.45, 2.75) is 45.7 Å². The Hall–Kier alpha value is -3.12. The predicted octanol–water partition coefficient (Wildman–Crippen LogP) is 6.71. The summed E-state index contributed by atoms with van der Waals surface area (Å²) in [4.78, 5) is 17.3. The molecule has 0 aliphatic carbocycles. The molecule has 0 spiro atoms. The summed E-state index contributed by atoms with van der Waals surface area (Å²) in [5, 5.41) is 3.01. The van der Waals surface area contributed by atoms with Gasteiger partial charge in [0.25, 0.3) is 5.91 Å². The number of nitrogens with one attached hydrogen (secondary N) is 1. The number of benzene rings is 3. The molecule has 1 amide bonds. The summed E-state index contributed by atoms with van der Waals surface area (Å²) in [6.07, 6.45) is 1.89. The smallest absolute Gasteiger partial charge is 0.251 e. The minimum atomic E-state index is -0.108. The highest BCUT2D eigenvalue weighted by atomic mass is 79.9. The van der Waals surface area contributed by atoms with Gasteiger partial charge >= 0.3 is 0 Å². The third-order valence-electron chi connectivity index (χ3n) is 5.84. The van der Waals surface area contributed by atoms with E-state index in [2.05, 4.69) is 57.9 Å². The molecule has 0 unspecified atom stereocenters. The lowest BCUT2D eigenvalue weighted by molar-refractivity contribution is 0.0949. The zero-order valence-electron chi connectivity index (χ0n) is 19.6. The van der Waals surface area contributed by atoms with E-state index in [-0.39, 0.29) is 5.91 Å². The Morgan fingerprint density at radius 2 is 1.74 bits per heavy atom. The third-order valence-corrected chi connectivity index (χ3v) is 6.37. The minimum Gasteiger partial charge on any atom is -0.494 e. The average Bonchev–Trinajstić information content (AvgIpc) is 3.20. The number of aryl methyl sites for hydroxylation is 1. The zero-order valence-corrected chi connectivity index (χ0v) is 21.2. The van der Waals surface area contributed by atoms with Crippen LogP contribution in [0.5, 0.6) is 5.75 Å². The first-order valence-electron chi connectivity index (χ1n) is 11.7. The molecule has 0 radical (unpaired) electrons. The van der Waals surface area contributed by atoms with Crippen molar-refractivity contribution in [2.24, 2.45) is 0 Å². The Bertz CT molecular complexity index is 1230. The van der Waals surface area contributed by atoms with Crippen molar-refractivity contribution in [1.82, 2.24) is 14.9 Å². The van der Waals surface area contributed by atoms with Gasteiger partial charge in [-0.25, -0.2) is 4.98 Å². The Balaban J connectivity index is 1.34. The molecule has 1 N–H and O–H groups in total. The first-order chi connectivity index (χ1) is 16.5. The van der Waals surface area contributed by atoms with Gasteiger partial charge in [0.15, 0.2) is 0 Å². The van der Waals surface area contributed by atoms with Crippen LogP contribution in [0, 0.1) is 0 Å². The van der Waals surface area contributed by atoms with Gasteiger partial charge in [0.05, 0.1) is 24.2 Å². The number of hydrogen-bond donors (Lipinski definition) is 1. The Kier molecular flexibility index (Phi) is 8.01. The molecule has 4 aromatic rings. The molecule has 0 fully saturated rings. The number of para-hydroxylation sites is 2. The fourth-order valence-electron chi connectivity index (χ4n) is 3.88. The molecule has 3 aromatic carbocycles. The maximum absolute atomic E-state index is 12.6. The second-order valence-corrected chi connectivity index (χ2v) is 9.55. The molecule has 5 nitrogen and oxygen atoms in total. The van der Waals surface area contributed by atoms with Crippen LogP contribution in [0.25, 0.3) is 11.0 Å². The van der Waals surface area contributed by atoms with E-state index in [1.54, 1.807) is 12.1 Å². The standard InChI is InChI=1S/C28H30BrN3O2/c1-20(2)21-11-15-24(16-12-21)34-18-6-5-17-32-26-8-4-3-7-25(26)31-27(32)19-30-28(33)22-9-13-23(29)14-10-22/h3-4,7-16,20H,5-6,17-19H2,1-2H3,(H,30,33). The van der Waals surface area contributed by atoms with Crippen LogP contribution in [0.15, 0.2) is 77.3 Å². The largest absolute Gasteiger partial charge is 0.494 e. The van der Waals surface area contributed by atoms with Crippen LogP contribution in [0.1, 0.15) is 54.4 Å². The summed E-state index contributed by atoms with van der Waals surface area (Å²) < 4.78 is 9.08. The maximum atomic E-state index is 12.6. The number of carbonyl (C=O) groups is 1. The van der Waals surface area contributed by atoms with Crippen LogP contribution in [-0.2, 0) is 13.1 Å². The van der Waals surface area contributed by atoms with Gasteiger partial charge in [-0.3, -0.25) is 4.79 Å². The highest BCUT2D eigenvalue weighted by Crippen LogP contribution is 2.20. The molecule has 1 aromatic heterocycles. The molecule has 0 saturated heterocycles. The number of fused-ring (bicyclic) bond motifs is 1. The van der Waals surface area contributed by atoms with Crippen LogP contribution in [0.3, 0.4) is 0 Å². The second kappa shape index (κ2) is 11.3. The van der Waals surface area contributed by atoms with Gasteiger partial charge in [0.1, 0.15) is 11.6 Å². The molecule has 4 rings (SSSR count). The fraction of sp³-hybridized carbons (Fsp3) is 0.286. The van der Waals surface area contributed by atoms with Crippen molar-refractivity contribution in [3.63, 3.8) is 0 Å². The summed E-state index contributed by atoms with van der Waals surface area (Å²) >= 11 is 3.40. The average molecular weight is 520 g/mol. The molecule has 0 aliphatic rings. The quantitative estimate of drug-likeness (QED) is 0.237. The van der Waals surface area contributed by atoms with Crippen LogP contribution in [0.2, 0.25) is 0 Å². The van der Waals surface area contributed by atoms with E-state index in [4.69, 9.17) is 9.72 Å². The van der Waals surface area contributed by atoms with E-state index >= 15 is 0 Å². The SMILES string of the molecule is CC(C)c1ccc(OCCCCn2c(CNC(=O)c3ccc(Br)cc3)nc3ccccc32)cc1. The Morgan fingerprint density at radius 3 is 2.47 bits per heavy atom. The van der Waals surface area contributed by atoms with E-state index in [1.165, 1.54) is 5.56 Å². The number of imidazole rings is 1. The van der Waals surface area contributed by atoms with Gasteiger partial charge in [0, 0.05) is 16.6 Å². The number of nitrogens with zero attached hydrogens (tertiary/aromatic N) is 2. The van der Waals surface area contributed by atoms with Crippen LogP contribution in [0.4, 0.5) is 0 Å². The molecule has 0 saturated carbocycles. The highest BCUT2D eigenvalue weighted by molar-refractivity contribution is 9.10. The van der Waals surface area contributed by atoms with Crippen molar-refractivity contribution >= 4 is 32.9 Å².